The third-order valence-electron chi connectivity index (χ3n) is 2.82. The molecule has 0 saturated carbocycles. The Morgan fingerprint density at radius 2 is 2.17 bits per heavy atom. The van der Waals surface area contributed by atoms with Crippen LogP contribution >= 0.6 is 11.6 Å². The van der Waals surface area contributed by atoms with Crippen LogP contribution in [0.4, 0.5) is 5.82 Å². The molecule has 7 heteroatoms. The highest BCUT2D eigenvalue weighted by Gasteiger charge is 2.23. The molecule has 18 heavy (non-hydrogen) atoms. The van der Waals surface area contributed by atoms with E-state index in [9.17, 15) is 9.59 Å². The van der Waals surface area contributed by atoms with E-state index < -0.39 is 5.97 Å². The number of halogens is 1. The molecule has 1 amide bonds. The van der Waals surface area contributed by atoms with Gasteiger partial charge in [-0.2, -0.15) is 0 Å². The average Bonchev–Trinajstić information content (AvgIpc) is 2.33. The van der Waals surface area contributed by atoms with E-state index in [0.29, 0.717) is 18.9 Å². The van der Waals surface area contributed by atoms with Crippen LogP contribution in [-0.4, -0.2) is 53.5 Å². The second-order valence-electron chi connectivity index (χ2n) is 4.04. The van der Waals surface area contributed by atoms with Gasteiger partial charge in [-0.25, -0.2) is 9.78 Å². The van der Waals surface area contributed by atoms with Crippen LogP contribution in [-0.2, 0) is 4.79 Å². The number of carboxylic acids is 1. The molecule has 1 aliphatic rings. The predicted molar refractivity (Wildman–Crippen MR) is 66.1 cm³/mol. The summed E-state index contributed by atoms with van der Waals surface area (Å²) in [7, 11) is 1.73. The number of hydrogen-bond donors (Lipinski definition) is 1. The van der Waals surface area contributed by atoms with Gasteiger partial charge >= 0.3 is 5.97 Å². The molecule has 0 aromatic carbocycles. The molecule has 1 aromatic rings. The molecule has 0 bridgehead atoms. The van der Waals surface area contributed by atoms with Crippen LogP contribution in [0.3, 0.4) is 0 Å². The average molecular weight is 270 g/mol. The number of amides is 1. The second kappa shape index (κ2) is 4.81. The van der Waals surface area contributed by atoms with Crippen molar-refractivity contribution in [3.63, 3.8) is 0 Å². The van der Waals surface area contributed by atoms with Gasteiger partial charge < -0.3 is 14.9 Å². The number of anilines is 1. The number of aromatic carboxylic acids is 1. The second-order valence-corrected chi connectivity index (χ2v) is 4.45. The Hall–Kier alpha value is -1.82. The zero-order valence-electron chi connectivity index (χ0n) is 9.76. The molecule has 0 radical (unpaired) electrons. The van der Waals surface area contributed by atoms with Gasteiger partial charge in [-0.1, -0.05) is 11.6 Å². The largest absolute Gasteiger partial charge is 0.476 e. The molecule has 0 unspecified atom stereocenters. The van der Waals surface area contributed by atoms with E-state index in [-0.39, 0.29) is 23.2 Å². The van der Waals surface area contributed by atoms with Crippen molar-refractivity contribution in [3.8, 4) is 0 Å². The third kappa shape index (κ3) is 2.38. The van der Waals surface area contributed by atoms with Gasteiger partial charge in [0.15, 0.2) is 5.69 Å². The third-order valence-corrected chi connectivity index (χ3v) is 3.12. The monoisotopic (exact) mass is 269 g/mol. The van der Waals surface area contributed by atoms with Crippen LogP contribution in [0.1, 0.15) is 10.5 Å². The van der Waals surface area contributed by atoms with Crippen molar-refractivity contribution < 1.29 is 14.7 Å². The van der Waals surface area contributed by atoms with Crippen molar-refractivity contribution in [2.75, 3.05) is 31.6 Å². The number of rotatable bonds is 2. The van der Waals surface area contributed by atoms with Crippen molar-refractivity contribution in [2.24, 2.45) is 0 Å². The van der Waals surface area contributed by atoms with Crippen LogP contribution in [0.2, 0.25) is 5.02 Å². The fourth-order valence-electron chi connectivity index (χ4n) is 1.71. The molecule has 1 saturated heterocycles. The fourth-order valence-corrected chi connectivity index (χ4v) is 1.90. The van der Waals surface area contributed by atoms with E-state index in [1.54, 1.807) is 22.9 Å². The summed E-state index contributed by atoms with van der Waals surface area (Å²) in [6.45, 7) is 1.41. The summed E-state index contributed by atoms with van der Waals surface area (Å²) in [5.74, 6) is -0.740. The minimum Gasteiger partial charge on any atom is -0.476 e. The van der Waals surface area contributed by atoms with Crippen LogP contribution in [0.25, 0.3) is 0 Å². The molecular weight excluding hydrogens is 258 g/mol. The van der Waals surface area contributed by atoms with Gasteiger partial charge in [0.2, 0.25) is 5.91 Å². The smallest absolute Gasteiger partial charge is 0.356 e. The number of hydrogen-bond acceptors (Lipinski definition) is 4. The van der Waals surface area contributed by atoms with Crippen LogP contribution in [0, 0.1) is 0 Å². The number of carbonyl (C=O) groups is 2. The highest BCUT2D eigenvalue weighted by Crippen LogP contribution is 2.20. The molecule has 96 valence electrons. The first-order valence-corrected chi connectivity index (χ1v) is 5.75. The molecule has 6 nitrogen and oxygen atoms in total. The van der Waals surface area contributed by atoms with E-state index in [1.165, 1.54) is 6.07 Å². The molecule has 1 aliphatic heterocycles. The Balaban J connectivity index is 2.26. The summed E-state index contributed by atoms with van der Waals surface area (Å²) in [6.07, 6.45) is 0. The molecule has 0 spiro atoms. The van der Waals surface area contributed by atoms with Crippen LogP contribution in [0.15, 0.2) is 12.1 Å². The van der Waals surface area contributed by atoms with Gasteiger partial charge in [-0.15, -0.1) is 0 Å². The summed E-state index contributed by atoms with van der Waals surface area (Å²) in [4.78, 5) is 29.9. The minimum absolute atomic E-state index is 0.0186. The molecule has 2 heterocycles. The lowest BCUT2D eigenvalue weighted by Crippen LogP contribution is -2.48. The summed E-state index contributed by atoms with van der Waals surface area (Å²) >= 11 is 5.74. The van der Waals surface area contributed by atoms with Gasteiger partial charge in [0.25, 0.3) is 0 Å². The van der Waals surface area contributed by atoms with Gasteiger partial charge in [0.1, 0.15) is 5.82 Å². The van der Waals surface area contributed by atoms with Crippen molar-refractivity contribution in [1.29, 1.82) is 0 Å². The summed E-state index contributed by atoms with van der Waals surface area (Å²) in [6, 6.07) is 3.10. The maximum atomic E-state index is 11.6. The van der Waals surface area contributed by atoms with E-state index in [1.807, 2.05) is 0 Å². The standard InChI is InChI=1S/C11H12ClN3O3/c1-14-4-5-15(6-9(14)16)8-3-2-7(12)10(13-8)11(17)18/h2-3H,4-6H2,1H3,(H,17,18). The fraction of sp³-hybridized carbons (Fsp3) is 0.364. The molecule has 0 aliphatic carbocycles. The predicted octanol–water partition coefficient (Wildman–Crippen LogP) is 0.712. The van der Waals surface area contributed by atoms with E-state index in [2.05, 4.69) is 4.98 Å². The highest BCUT2D eigenvalue weighted by molar-refractivity contribution is 6.33. The maximum Gasteiger partial charge on any atom is 0.356 e. The number of likely N-dealkylation sites (N-methyl/N-ethyl adjacent to an activating group) is 1. The Morgan fingerprint density at radius 3 is 2.78 bits per heavy atom. The van der Waals surface area contributed by atoms with Crippen molar-refractivity contribution in [2.45, 2.75) is 0 Å². The van der Waals surface area contributed by atoms with Gasteiger partial charge in [0, 0.05) is 20.1 Å². The van der Waals surface area contributed by atoms with Crippen LogP contribution in [0.5, 0.6) is 0 Å². The molecular formula is C11H12ClN3O3. The van der Waals surface area contributed by atoms with Gasteiger partial charge in [-0.3, -0.25) is 4.79 Å². The van der Waals surface area contributed by atoms with E-state index >= 15 is 0 Å². The zero-order valence-corrected chi connectivity index (χ0v) is 10.5. The van der Waals surface area contributed by atoms with Crippen LogP contribution < -0.4 is 4.90 Å². The first kappa shape index (κ1) is 12.6. The lowest BCUT2D eigenvalue weighted by Gasteiger charge is -2.32. The number of carboxylic acid groups (broad SMARTS) is 1. The summed E-state index contributed by atoms with van der Waals surface area (Å²) < 4.78 is 0. The Labute approximate surface area is 109 Å². The summed E-state index contributed by atoms with van der Waals surface area (Å²) in [5, 5.41) is 9.03. The first-order chi connectivity index (χ1) is 8.49. The summed E-state index contributed by atoms with van der Waals surface area (Å²) in [5.41, 5.74) is -0.194. The van der Waals surface area contributed by atoms with E-state index in [4.69, 9.17) is 16.7 Å². The maximum absolute atomic E-state index is 11.6. The topological polar surface area (TPSA) is 73.7 Å². The highest BCUT2D eigenvalue weighted by atomic mass is 35.5. The lowest BCUT2D eigenvalue weighted by molar-refractivity contribution is -0.129. The number of nitrogens with zero attached hydrogens (tertiary/aromatic N) is 3. The molecule has 2 rings (SSSR count). The SMILES string of the molecule is CN1CCN(c2ccc(Cl)c(C(=O)O)n2)CC1=O. The molecule has 1 fully saturated rings. The van der Waals surface area contributed by atoms with Crippen molar-refractivity contribution >= 4 is 29.3 Å². The van der Waals surface area contributed by atoms with E-state index in [0.717, 1.165) is 0 Å². The Bertz CT molecular complexity index is 506. The first-order valence-electron chi connectivity index (χ1n) is 5.38. The zero-order chi connectivity index (χ0) is 13.3. The Morgan fingerprint density at radius 1 is 1.44 bits per heavy atom. The molecule has 1 N–H and O–H groups in total. The normalized spacial score (nSPS) is 16.0. The van der Waals surface area contributed by atoms with Crippen molar-refractivity contribution in [1.82, 2.24) is 9.88 Å². The quantitative estimate of drug-likeness (QED) is 0.856. The van der Waals surface area contributed by atoms with Gasteiger partial charge in [0.05, 0.1) is 11.6 Å². The van der Waals surface area contributed by atoms with Crippen molar-refractivity contribution in [3.05, 3.63) is 22.8 Å². The number of pyridine rings is 1. The number of aromatic nitrogens is 1. The minimum atomic E-state index is -1.18. The number of piperazine rings is 1. The Kier molecular flexibility index (Phi) is 3.38. The molecule has 0 atom stereocenters. The number of carbonyl (C=O) groups excluding carboxylic acids is 1. The lowest BCUT2D eigenvalue weighted by atomic mass is 10.3. The van der Waals surface area contributed by atoms with Gasteiger partial charge in [-0.05, 0) is 12.1 Å². The molecule has 1 aromatic heterocycles.